The Balaban J connectivity index is 1.28. The number of nitriles is 1. The number of benzene rings is 2. The standard InChI is InChI=1S/C35H31F2N7O3/c1-2-24-27(36)8-5-21-13-20(15-38)14-25(28(21)24)30-29(37)31-26(16-39-30)32(42-17-22-6-7-23(18-42)44(22)34(45)46)41-33(40-31)47-19-35-9-3-11-43(35)12-4-10-35/h1,5,8,13-14,16,22-23H,3-4,6-7,9-12,17-19H2,(H,45,46)/t22-,23+. The number of piperazine rings is 1. The number of rotatable bonds is 5. The molecule has 1 N–H and O–H groups in total. The molecule has 0 unspecified atom stereocenters. The van der Waals surface area contributed by atoms with Crippen LogP contribution in [-0.4, -0.2) is 86.4 Å². The first kappa shape index (κ1) is 29.3. The van der Waals surface area contributed by atoms with E-state index in [1.165, 1.54) is 29.3 Å². The van der Waals surface area contributed by atoms with Crippen LogP contribution in [0.1, 0.15) is 49.7 Å². The molecule has 4 aliphatic heterocycles. The van der Waals surface area contributed by atoms with Crippen LogP contribution >= 0.6 is 0 Å². The van der Waals surface area contributed by atoms with Crippen molar-refractivity contribution in [1.29, 1.82) is 5.26 Å². The van der Waals surface area contributed by atoms with E-state index in [4.69, 9.17) is 16.1 Å². The van der Waals surface area contributed by atoms with Crippen LogP contribution in [0.25, 0.3) is 32.9 Å². The highest BCUT2D eigenvalue weighted by Gasteiger charge is 2.46. The maximum atomic E-state index is 16.9. The first-order chi connectivity index (χ1) is 22.8. The summed E-state index contributed by atoms with van der Waals surface area (Å²) in [6.07, 6.45) is 11.9. The van der Waals surface area contributed by atoms with E-state index in [2.05, 4.69) is 26.9 Å². The minimum Gasteiger partial charge on any atom is -0.465 e. The predicted octanol–water partition coefficient (Wildman–Crippen LogP) is 5.31. The third-order valence-electron chi connectivity index (χ3n) is 10.5. The Morgan fingerprint density at radius 1 is 1.13 bits per heavy atom. The van der Waals surface area contributed by atoms with Crippen molar-refractivity contribution < 1.29 is 23.4 Å². The molecule has 47 heavy (non-hydrogen) atoms. The summed E-state index contributed by atoms with van der Waals surface area (Å²) in [6.45, 7) is 3.17. The molecule has 0 aliphatic carbocycles. The van der Waals surface area contributed by atoms with Crippen molar-refractivity contribution in [2.75, 3.05) is 37.7 Å². The Morgan fingerprint density at radius 2 is 1.87 bits per heavy atom. The van der Waals surface area contributed by atoms with Gasteiger partial charge in [0.1, 0.15) is 29.5 Å². The topological polar surface area (TPSA) is 119 Å². The van der Waals surface area contributed by atoms with Gasteiger partial charge in [-0.15, -0.1) is 6.42 Å². The van der Waals surface area contributed by atoms with E-state index in [1.54, 1.807) is 6.07 Å². The number of fused-ring (bicyclic) bond motifs is 5. The summed E-state index contributed by atoms with van der Waals surface area (Å²) in [5.74, 6) is 1.37. The average Bonchev–Trinajstić information content (AvgIpc) is 3.74. The van der Waals surface area contributed by atoms with E-state index in [0.717, 1.165) is 51.6 Å². The van der Waals surface area contributed by atoms with E-state index in [-0.39, 0.29) is 56.9 Å². The van der Waals surface area contributed by atoms with Crippen LogP contribution in [0.2, 0.25) is 0 Å². The number of hydrogen-bond donors (Lipinski definition) is 1. The van der Waals surface area contributed by atoms with Crippen molar-refractivity contribution in [1.82, 2.24) is 24.8 Å². The third-order valence-corrected chi connectivity index (χ3v) is 10.5. The van der Waals surface area contributed by atoms with Crippen LogP contribution in [-0.2, 0) is 0 Å². The maximum Gasteiger partial charge on any atom is 0.407 e. The molecule has 238 valence electrons. The number of terminal acetylenes is 1. The van der Waals surface area contributed by atoms with E-state index in [1.807, 2.05) is 4.90 Å². The minimum atomic E-state index is -0.947. The number of amides is 1. The Hall–Kier alpha value is -5.07. The van der Waals surface area contributed by atoms with Gasteiger partial charge < -0.3 is 14.7 Å². The molecule has 2 aromatic heterocycles. The third kappa shape index (κ3) is 4.62. The largest absolute Gasteiger partial charge is 0.465 e. The molecule has 4 aromatic rings. The summed E-state index contributed by atoms with van der Waals surface area (Å²) in [5.41, 5.74) is 0.0831. The molecule has 0 radical (unpaired) electrons. The van der Waals surface area contributed by atoms with Gasteiger partial charge in [-0.1, -0.05) is 12.0 Å². The summed E-state index contributed by atoms with van der Waals surface area (Å²) >= 11 is 0. The molecule has 2 bridgehead atoms. The Morgan fingerprint density at radius 3 is 2.55 bits per heavy atom. The van der Waals surface area contributed by atoms with Crippen LogP contribution in [0.4, 0.5) is 19.4 Å². The first-order valence-electron chi connectivity index (χ1n) is 15.9. The molecule has 8 rings (SSSR count). The van der Waals surface area contributed by atoms with Crippen molar-refractivity contribution in [2.24, 2.45) is 0 Å². The molecular formula is C35H31F2N7O3. The Labute approximate surface area is 269 Å². The molecule has 6 heterocycles. The number of carbonyl (C=O) groups is 1. The smallest absolute Gasteiger partial charge is 0.407 e. The highest BCUT2D eigenvalue weighted by molar-refractivity contribution is 6.03. The number of pyridine rings is 1. The first-order valence-corrected chi connectivity index (χ1v) is 15.9. The fraction of sp³-hybridized carbons (Fsp3) is 0.400. The summed E-state index contributed by atoms with van der Waals surface area (Å²) in [4.78, 5) is 31.8. The zero-order chi connectivity index (χ0) is 32.4. The molecule has 0 saturated carbocycles. The highest BCUT2D eigenvalue weighted by Crippen LogP contribution is 2.41. The van der Waals surface area contributed by atoms with Crippen LogP contribution in [0.15, 0.2) is 30.5 Å². The predicted molar refractivity (Wildman–Crippen MR) is 170 cm³/mol. The normalized spacial score (nSPS) is 21.6. The lowest BCUT2D eigenvalue weighted by atomic mass is 9.94. The molecule has 4 aliphatic rings. The van der Waals surface area contributed by atoms with E-state index in [0.29, 0.717) is 36.3 Å². The van der Waals surface area contributed by atoms with Gasteiger partial charge >= 0.3 is 12.1 Å². The lowest BCUT2D eigenvalue weighted by Crippen LogP contribution is -2.55. The van der Waals surface area contributed by atoms with Gasteiger partial charge in [0.15, 0.2) is 5.82 Å². The quantitative estimate of drug-likeness (QED) is 0.291. The second kappa shape index (κ2) is 11.0. The number of ether oxygens (including phenoxy) is 1. The Kier molecular flexibility index (Phi) is 6.88. The number of carboxylic acid groups (broad SMARTS) is 1. The van der Waals surface area contributed by atoms with Gasteiger partial charge in [0, 0.05) is 30.2 Å². The fourth-order valence-corrected chi connectivity index (χ4v) is 8.40. The average molecular weight is 636 g/mol. The summed E-state index contributed by atoms with van der Waals surface area (Å²) in [7, 11) is 0. The van der Waals surface area contributed by atoms with Gasteiger partial charge in [-0.3, -0.25) is 14.8 Å². The van der Waals surface area contributed by atoms with Gasteiger partial charge in [0.2, 0.25) is 0 Å². The van der Waals surface area contributed by atoms with Crippen LogP contribution in [0, 0.1) is 35.3 Å². The number of halogens is 2. The van der Waals surface area contributed by atoms with Gasteiger partial charge in [-0.2, -0.15) is 15.2 Å². The number of nitrogens with zero attached hydrogens (tertiary/aromatic N) is 7. The molecule has 4 saturated heterocycles. The second-order valence-electron chi connectivity index (χ2n) is 13.0. The minimum absolute atomic E-state index is 0.0238. The van der Waals surface area contributed by atoms with Crippen molar-refractivity contribution in [3.05, 3.63) is 53.2 Å². The molecule has 1 amide bonds. The monoisotopic (exact) mass is 635 g/mol. The maximum absolute atomic E-state index is 16.9. The molecular weight excluding hydrogens is 604 g/mol. The molecule has 2 aromatic carbocycles. The van der Waals surface area contributed by atoms with Gasteiger partial charge in [-0.25, -0.2) is 13.6 Å². The molecule has 10 nitrogen and oxygen atoms in total. The lowest BCUT2D eigenvalue weighted by molar-refractivity contribution is 0.107. The van der Waals surface area contributed by atoms with Gasteiger partial charge in [0.05, 0.1) is 40.2 Å². The van der Waals surface area contributed by atoms with E-state index >= 15 is 4.39 Å². The van der Waals surface area contributed by atoms with Crippen molar-refractivity contribution in [3.8, 4) is 35.7 Å². The highest BCUT2D eigenvalue weighted by atomic mass is 19.1. The zero-order valence-corrected chi connectivity index (χ0v) is 25.5. The number of aromatic nitrogens is 3. The van der Waals surface area contributed by atoms with Crippen LogP contribution in [0.5, 0.6) is 6.01 Å². The zero-order valence-electron chi connectivity index (χ0n) is 25.5. The van der Waals surface area contributed by atoms with Crippen molar-refractivity contribution in [2.45, 2.75) is 56.1 Å². The molecule has 4 fully saturated rings. The van der Waals surface area contributed by atoms with E-state index in [9.17, 15) is 19.6 Å². The van der Waals surface area contributed by atoms with Gasteiger partial charge in [-0.05, 0) is 75.2 Å². The van der Waals surface area contributed by atoms with Crippen molar-refractivity contribution >= 4 is 33.6 Å². The summed E-state index contributed by atoms with van der Waals surface area (Å²) < 4.78 is 38.1. The fourth-order valence-electron chi connectivity index (χ4n) is 8.40. The van der Waals surface area contributed by atoms with Crippen LogP contribution < -0.4 is 9.64 Å². The Bertz CT molecular complexity index is 2030. The van der Waals surface area contributed by atoms with Gasteiger partial charge in [0.25, 0.3) is 0 Å². The summed E-state index contributed by atoms with van der Waals surface area (Å²) in [5, 5.41) is 20.7. The van der Waals surface area contributed by atoms with Crippen LogP contribution in [0.3, 0.4) is 0 Å². The van der Waals surface area contributed by atoms with E-state index < -0.39 is 17.7 Å². The number of anilines is 1. The lowest BCUT2D eigenvalue weighted by Gasteiger charge is -2.40. The molecule has 0 spiro atoms. The number of hydrogen-bond acceptors (Lipinski definition) is 8. The summed E-state index contributed by atoms with van der Waals surface area (Å²) in [6, 6.07) is 7.42. The SMILES string of the molecule is C#Cc1c(F)ccc2cc(C#N)cc(-c3ncc4c(N5C[C@H]6CC[C@@H](C5)N6C(=O)O)nc(OCC56CCCN5CCC6)nc4c3F)c12. The molecule has 12 heteroatoms. The molecule has 2 atom stereocenters. The van der Waals surface area contributed by atoms with Crippen molar-refractivity contribution in [3.63, 3.8) is 0 Å². The second-order valence-corrected chi connectivity index (χ2v) is 13.0.